The zero-order valence-electron chi connectivity index (χ0n) is 13.5. The molecule has 140 valence electrons. The molecule has 0 aromatic carbocycles. The maximum atomic E-state index is 12.4. The van der Waals surface area contributed by atoms with E-state index < -0.39 is 22.9 Å². The van der Waals surface area contributed by atoms with E-state index in [1.54, 1.807) is 16.5 Å². The van der Waals surface area contributed by atoms with Crippen molar-refractivity contribution in [1.29, 1.82) is 0 Å². The number of nitrogens with one attached hydrogen (secondary N) is 1. The second-order valence-electron chi connectivity index (χ2n) is 6.08. The van der Waals surface area contributed by atoms with E-state index in [9.17, 15) is 26.4 Å². The van der Waals surface area contributed by atoms with Crippen molar-refractivity contribution >= 4 is 16.1 Å². The number of halogens is 3. The average molecular weight is 372 g/mol. The number of rotatable bonds is 5. The molecule has 2 rings (SSSR count). The van der Waals surface area contributed by atoms with E-state index in [0.717, 1.165) is 30.2 Å². The van der Waals surface area contributed by atoms with Crippen LogP contribution in [0.4, 0.5) is 13.2 Å². The second-order valence-corrected chi connectivity index (χ2v) is 7.84. The largest absolute Gasteiger partial charge is 0.402 e. The van der Waals surface area contributed by atoms with Crippen LogP contribution in [0.15, 0.2) is 0 Å². The van der Waals surface area contributed by atoms with Crippen LogP contribution in [0.1, 0.15) is 19.8 Å². The SMILES string of the molecule is CC(C(=O)N1CCCC1)N1CCN(S(=O)(=O)NCC(F)(F)F)CC1. The van der Waals surface area contributed by atoms with Crippen LogP contribution < -0.4 is 4.72 Å². The Hall–Kier alpha value is -0.910. The van der Waals surface area contributed by atoms with Gasteiger partial charge in [0.15, 0.2) is 0 Å². The summed E-state index contributed by atoms with van der Waals surface area (Å²) in [5.41, 5.74) is 0. The van der Waals surface area contributed by atoms with Crippen LogP contribution in [0.3, 0.4) is 0 Å². The zero-order chi connectivity index (χ0) is 18.0. The highest BCUT2D eigenvalue weighted by atomic mass is 32.2. The lowest BCUT2D eigenvalue weighted by molar-refractivity contribution is -0.135. The fourth-order valence-corrected chi connectivity index (χ4v) is 4.13. The Kier molecular flexibility index (Phi) is 6.10. The van der Waals surface area contributed by atoms with Crippen molar-refractivity contribution in [3.8, 4) is 0 Å². The summed E-state index contributed by atoms with van der Waals surface area (Å²) in [4.78, 5) is 16.0. The Bertz CT molecular complexity index is 541. The van der Waals surface area contributed by atoms with Crippen molar-refractivity contribution in [1.82, 2.24) is 18.8 Å². The van der Waals surface area contributed by atoms with Crippen molar-refractivity contribution in [3.05, 3.63) is 0 Å². The van der Waals surface area contributed by atoms with Crippen molar-refractivity contribution in [2.45, 2.75) is 32.0 Å². The van der Waals surface area contributed by atoms with E-state index in [0.29, 0.717) is 13.1 Å². The highest BCUT2D eigenvalue weighted by Crippen LogP contribution is 2.16. The summed E-state index contributed by atoms with van der Waals surface area (Å²) < 4.78 is 62.8. The van der Waals surface area contributed by atoms with E-state index in [1.807, 2.05) is 4.90 Å². The van der Waals surface area contributed by atoms with Crippen molar-refractivity contribution in [3.63, 3.8) is 0 Å². The van der Waals surface area contributed by atoms with Gasteiger partial charge >= 0.3 is 6.18 Å². The van der Waals surface area contributed by atoms with Gasteiger partial charge in [0.2, 0.25) is 5.91 Å². The van der Waals surface area contributed by atoms with Gasteiger partial charge in [0.1, 0.15) is 6.54 Å². The first-order valence-electron chi connectivity index (χ1n) is 7.94. The lowest BCUT2D eigenvalue weighted by Crippen LogP contribution is -2.57. The van der Waals surface area contributed by atoms with Gasteiger partial charge in [-0.25, -0.2) is 0 Å². The van der Waals surface area contributed by atoms with E-state index in [2.05, 4.69) is 0 Å². The van der Waals surface area contributed by atoms with Gasteiger partial charge in [-0.1, -0.05) is 0 Å². The molecule has 0 bridgehead atoms. The number of likely N-dealkylation sites (tertiary alicyclic amines) is 1. The normalized spacial score (nSPS) is 22.8. The quantitative estimate of drug-likeness (QED) is 0.738. The number of piperazine rings is 1. The molecule has 0 aromatic rings. The molecule has 0 radical (unpaired) electrons. The second kappa shape index (κ2) is 7.54. The Morgan fingerprint density at radius 1 is 1.08 bits per heavy atom. The molecule has 2 aliphatic rings. The summed E-state index contributed by atoms with van der Waals surface area (Å²) >= 11 is 0. The molecule has 1 atom stereocenters. The molecule has 0 saturated carbocycles. The van der Waals surface area contributed by atoms with Crippen LogP contribution in [0, 0.1) is 0 Å². The minimum Gasteiger partial charge on any atom is -0.341 e. The lowest BCUT2D eigenvalue weighted by Gasteiger charge is -2.37. The average Bonchev–Trinajstić information content (AvgIpc) is 3.05. The molecule has 0 aliphatic carbocycles. The molecule has 11 heteroatoms. The zero-order valence-corrected chi connectivity index (χ0v) is 14.4. The molecule has 0 spiro atoms. The van der Waals surface area contributed by atoms with Crippen molar-refractivity contribution in [2.75, 3.05) is 45.8 Å². The van der Waals surface area contributed by atoms with Gasteiger partial charge in [-0.3, -0.25) is 9.69 Å². The van der Waals surface area contributed by atoms with Gasteiger partial charge in [-0.15, -0.1) is 0 Å². The number of carbonyl (C=O) groups excluding carboxylic acids is 1. The number of hydrogen-bond acceptors (Lipinski definition) is 4. The molecular formula is C13H23F3N4O3S. The number of carbonyl (C=O) groups is 1. The molecule has 0 aromatic heterocycles. The van der Waals surface area contributed by atoms with Crippen LogP contribution in [0.25, 0.3) is 0 Å². The van der Waals surface area contributed by atoms with Crippen molar-refractivity contribution in [2.24, 2.45) is 0 Å². The van der Waals surface area contributed by atoms with E-state index in [1.165, 1.54) is 0 Å². The van der Waals surface area contributed by atoms with Gasteiger partial charge in [0.25, 0.3) is 10.2 Å². The fourth-order valence-electron chi connectivity index (χ4n) is 2.95. The highest BCUT2D eigenvalue weighted by molar-refractivity contribution is 7.87. The number of nitrogens with zero attached hydrogens (tertiary/aromatic N) is 3. The molecule has 1 N–H and O–H groups in total. The molecule has 2 saturated heterocycles. The Morgan fingerprint density at radius 2 is 1.62 bits per heavy atom. The first-order valence-corrected chi connectivity index (χ1v) is 9.38. The van der Waals surface area contributed by atoms with Gasteiger partial charge < -0.3 is 4.90 Å². The van der Waals surface area contributed by atoms with E-state index in [-0.39, 0.29) is 25.0 Å². The van der Waals surface area contributed by atoms with Gasteiger partial charge in [0.05, 0.1) is 6.04 Å². The fraction of sp³-hybridized carbons (Fsp3) is 0.923. The van der Waals surface area contributed by atoms with Gasteiger partial charge in [0, 0.05) is 39.3 Å². The first-order chi connectivity index (χ1) is 11.1. The first kappa shape index (κ1) is 19.4. The summed E-state index contributed by atoms with van der Waals surface area (Å²) in [7, 11) is -4.16. The topological polar surface area (TPSA) is 73.0 Å². The van der Waals surface area contributed by atoms with E-state index in [4.69, 9.17) is 0 Å². The molecular weight excluding hydrogens is 349 g/mol. The Balaban J connectivity index is 1.85. The summed E-state index contributed by atoms with van der Waals surface area (Å²) in [6, 6.07) is -0.351. The summed E-state index contributed by atoms with van der Waals surface area (Å²) in [5, 5.41) is 0. The maximum absolute atomic E-state index is 12.4. The molecule has 2 aliphatic heterocycles. The minimum absolute atomic E-state index is 0.0269. The highest BCUT2D eigenvalue weighted by Gasteiger charge is 2.35. The third-order valence-corrected chi connectivity index (χ3v) is 5.95. The Morgan fingerprint density at radius 3 is 2.12 bits per heavy atom. The van der Waals surface area contributed by atoms with Gasteiger partial charge in [-0.05, 0) is 19.8 Å². The third kappa shape index (κ3) is 5.04. The summed E-state index contributed by atoms with van der Waals surface area (Å²) in [6.45, 7) is 2.45. The molecule has 1 amide bonds. The predicted molar refractivity (Wildman–Crippen MR) is 81.4 cm³/mol. The third-order valence-electron chi connectivity index (χ3n) is 4.39. The monoisotopic (exact) mass is 372 g/mol. The van der Waals surface area contributed by atoms with Crippen LogP contribution in [-0.4, -0.2) is 86.5 Å². The van der Waals surface area contributed by atoms with Crippen LogP contribution in [-0.2, 0) is 15.0 Å². The minimum atomic E-state index is -4.59. The maximum Gasteiger partial charge on any atom is 0.402 e. The lowest BCUT2D eigenvalue weighted by atomic mass is 10.2. The number of alkyl halides is 3. The molecule has 24 heavy (non-hydrogen) atoms. The number of amides is 1. The summed E-state index contributed by atoms with van der Waals surface area (Å²) in [5.74, 6) is 0.0269. The van der Waals surface area contributed by atoms with E-state index >= 15 is 0 Å². The van der Waals surface area contributed by atoms with Crippen LogP contribution in [0.2, 0.25) is 0 Å². The Labute approximate surface area is 139 Å². The predicted octanol–water partition coefficient (Wildman–Crippen LogP) is 0.0116. The molecule has 2 heterocycles. The smallest absolute Gasteiger partial charge is 0.341 e. The molecule has 2 fully saturated rings. The molecule has 7 nitrogen and oxygen atoms in total. The van der Waals surface area contributed by atoms with Crippen LogP contribution in [0.5, 0.6) is 0 Å². The van der Waals surface area contributed by atoms with Gasteiger partial charge in [-0.2, -0.15) is 30.6 Å². The van der Waals surface area contributed by atoms with Crippen molar-refractivity contribution < 1.29 is 26.4 Å². The van der Waals surface area contributed by atoms with Crippen LogP contribution >= 0.6 is 0 Å². The molecule has 1 unspecified atom stereocenters. The summed E-state index contributed by atoms with van der Waals surface area (Å²) in [6.07, 6.45) is -2.60. The standard InChI is InChI=1S/C13H23F3N4O3S/c1-11(12(21)19-4-2-3-5-19)18-6-8-20(9-7-18)24(22,23)17-10-13(14,15)16/h11,17H,2-10H2,1H3. The number of hydrogen-bond donors (Lipinski definition) is 1.